The molecular formula is C27H22N4O4S. The average molecular weight is 499 g/mol. The number of nitrogens with one attached hydrogen (secondary N) is 1. The Morgan fingerprint density at radius 1 is 1.11 bits per heavy atom. The van der Waals surface area contributed by atoms with Crippen molar-refractivity contribution in [2.75, 3.05) is 19.5 Å². The lowest BCUT2D eigenvalue weighted by molar-refractivity contribution is -0.112. The van der Waals surface area contributed by atoms with Crippen molar-refractivity contribution in [3.8, 4) is 23.1 Å². The van der Waals surface area contributed by atoms with Crippen molar-refractivity contribution >= 4 is 34.3 Å². The lowest BCUT2D eigenvalue weighted by Gasteiger charge is -2.05. The average Bonchev–Trinajstić information content (AvgIpc) is 3.54. The maximum Gasteiger partial charge on any atom is 0.340 e. The molecule has 0 aliphatic rings. The summed E-state index contributed by atoms with van der Waals surface area (Å²) in [5, 5.41) is 19.1. The number of thiophene rings is 1. The van der Waals surface area contributed by atoms with E-state index in [0.29, 0.717) is 28.6 Å². The summed E-state index contributed by atoms with van der Waals surface area (Å²) in [6, 6.07) is 20.7. The van der Waals surface area contributed by atoms with E-state index in [4.69, 9.17) is 14.6 Å². The summed E-state index contributed by atoms with van der Waals surface area (Å²) in [5.41, 5.74) is 3.17. The van der Waals surface area contributed by atoms with Gasteiger partial charge in [0.05, 0.1) is 32.0 Å². The predicted molar refractivity (Wildman–Crippen MR) is 138 cm³/mol. The topological polar surface area (TPSA) is 106 Å². The van der Waals surface area contributed by atoms with Crippen LogP contribution in [-0.2, 0) is 16.1 Å². The van der Waals surface area contributed by atoms with Crippen molar-refractivity contribution in [3.63, 3.8) is 0 Å². The Hall–Kier alpha value is -4.68. The molecule has 4 aromatic rings. The van der Waals surface area contributed by atoms with Crippen LogP contribution in [0.3, 0.4) is 0 Å². The minimum atomic E-state index is -0.637. The van der Waals surface area contributed by atoms with Crippen molar-refractivity contribution in [1.82, 2.24) is 9.78 Å². The minimum Gasteiger partial charge on any atom is -0.497 e. The van der Waals surface area contributed by atoms with Crippen LogP contribution in [-0.4, -0.2) is 35.9 Å². The highest BCUT2D eigenvalue weighted by molar-refractivity contribution is 7.14. The molecular weight excluding hydrogens is 476 g/mol. The van der Waals surface area contributed by atoms with Crippen LogP contribution in [0.5, 0.6) is 5.75 Å². The lowest BCUT2D eigenvalue weighted by atomic mass is 10.1. The highest BCUT2D eigenvalue weighted by Gasteiger charge is 2.19. The summed E-state index contributed by atoms with van der Waals surface area (Å²) < 4.78 is 11.8. The third-order valence-electron chi connectivity index (χ3n) is 5.30. The molecule has 2 heterocycles. The number of benzene rings is 2. The smallest absolute Gasteiger partial charge is 0.340 e. The highest BCUT2D eigenvalue weighted by atomic mass is 32.1. The van der Waals surface area contributed by atoms with Crippen LogP contribution in [0.25, 0.3) is 17.3 Å². The van der Waals surface area contributed by atoms with E-state index in [1.165, 1.54) is 24.5 Å². The van der Waals surface area contributed by atoms with Crippen molar-refractivity contribution in [2.24, 2.45) is 0 Å². The summed E-state index contributed by atoms with van der Waals surface area (Å²) in [6.45, 7) is 0.517. The van der Waals surface area contributed by atoms with E-state index in [1.54, 1.807) is 29.4 Å². The van der Waals surface area contributed by atoms with Crippen LogP contribution in [0.1, 0.15) is 21.5 Å². The number of carbonyl (C=O) groups is 2. The predicted octanol–water partition coefficient (Wildman–Crippen LogP) is 5.00. The summed E-state index contributed by atoms with van der Waals surface area (Å²) in [4.78, 5) is 24.9. The lowest BCUT2D eigenvalue weighted by Crippen LogP contribution is -2.15. The van der Waals surface area contributed by atoms with E-state index in [2.05, 4.69) is 5.32 Å². The number of aromatic nitrogens is 2. The van der Waals surface area contributed by atoms with Gasteiger partial charge in [-0.3, -0.25) is 9.48 Å². The molecule has 0 aliphatic carbocycles. The van der Waals surface area contributed by atoms with Gasteiger partial charge in [0.15, 0.2) is 0 Å². The van der Waals surface area contributed by atoms with E-state index in [-0.39, 0.29) is 11.1 Å². The van der Waals surface area contributed by atoms with Gasteiger partial charge in [0.1, 0.15) is 22.4 Å². The van der Waals surface area contributed by atoms with Gasteiger partial charge >= 0.3 is 5.97 Å². The number of hydrogen-bond donors (Lipinski definition) is 1. The zero-order chi connectivity index (χ0) is 25.5. The van der Waals surface area contributed by atoms with Gasteiger partial charge in [-0.1, -0.05) is 30.3 Å². The fourth-order valence-corrected chi connectivity index (χ4v) is 4.29. The van der Waals surface area contributed by atoms with E-state index in [1.807, 2.05) is 60.7 Å². The van der Waals surface area contributed by atoms with Crippen molar-refractivity contribution in [3.05, 3.63) is 94.5 Å². The first-order valence-corrected chi connectivity index (χ1v) is 11.7. The Labute approximate surface area is 212 Å². The van der Waals surface area contributed by atoms with Gasteiger partial charge in [-0.15, -0.1) is 11.3 Å². The van der Waals surface area contributed by atoms with Gasteiger partial charge in [-0.05, 0) is 47.4 Å². The normalized spacial score (nSPS) is 11.0. The fraction of sp³-hybridized carbons (Fsp3) is 0.111. The zero-order valence-corrected chi connectivity index (χ0v) is 20.4. The number of nitrogens with zero attached hydrogens (tertiary/aromatic N) is 3. The molecule has 0 radical (unpaired) electrons. The molecule has 0 atom stereocenters. The molecule has 0 saturated heterocycles. The molecule has 1 amide bonds. The third-order valence-corrected chi connectivity index (χ3v) is 6.13. The number of rotatable bonds is 8. The Morgan fingerprint density at radius 3 is 2.53 bits per heavy atom. The quantitative estimate of drug-likeness (QED) is 0.208. The largest absolute Gasteiger partial charge is 0.497 e. The van der Waals surface area contributed by atoms with Gasteiger partial charge in [0.25, 0.3) is 5.91 Å². The molecule has 0 spiro atoms. The standard InChI is InChI=1S/C27H22N4O4S/c1-34-22-10-8-19(9-11-22)24-21(17-31(30-24)16-18-6-4-3-5-7-18)14-20(15-28)25(32)29-26-23(12-13-36-26)27(33)35-2/h3-14,17H,16H2,1-2H3,(H,29,32)/b20-14+. The SMILES string of the molecule is COC(=O)c1ccsc1NC(=O)/C(C#N)=C/c1cn(Cc2ccccc2)nc1-c1ccc(OC)cc1. The second kappa shape index (κ2) is 11.2. The van der Waals surface area contributed by atoms with E-state index in [0.717, 1.165) is 11.1 Å². The maximum absolute atomic E-state index is 12.9. The van der Waals surface area contributed by atoms with Crippen LogP contribution in [0.2, 0.25) is 0 Å². The number of methoxy groups -OCH3 is 2. The summed E-state index contributed by atoms with van der Waals surface area (Å²) >= 11 is 1.17. The van der Waals surface area contributed by atoms with Gasteiger partial charge in [-0.2, -0.15) is 10.4 Å². The molecule has 0 unspecified atom stereocenters. The molecule has 4 rings (SSSR count). The Kier molecular flexibility index (Phi) is 7.58. The van der Waals surface area contributed by atoms with Crippen LogP contribution >= 0.6 is 11.3 Å². The second-order valence-corrected chi connectivity index (χ2v) is 8.54. The van der Waals surface area contributed by atoms with E-state index >= 15 is 0 Å². The molecule has 0 saturated carbocycles. The van der Waals surface area contributed by atoms with E-state index in [9.17, 15) is 14.9 Å². The molecule has 180 valence electrons. The first-order valence-electron chi connectivity index (χ1n) is 10.9. The van der Waals surface area contributed by atoms with Gasteiger partial charge in [-0.25, -0.2) is 4.79 Å². The molecule has 0 fully saturated rings. The van der Waals surface area contributed by atoms with Crippen LogP contribution in [0.15, 0.2) is 77.8 Å². The van der Waals surface area contributed by atoms with Gasteiger partial charge in [0.2, 0.25) is 0 Å². The number of carbonyl (C=O) groups excluding carboxylic acids is 2. The van der Waals surface area contributed by atoms with Gasteiger partial charge in [0, 0.05) is 17.3 Å². The Bertz CT molecular complexity index is 1450. The maximum atomic E-state index is 12.9. The van der Waals surface area contributed by atoms with Crippen molar-refractivity contribution in [1.29, 1.82) is 5.26 Å². The number of esters is 1. The van der Waals surface area contributed by atoms with Gasteiger partial charge < -0.3 is 14.8 Å². The van der Waals surface area contributed by atoms with Crippen LogP contribution in [0, 0.1) is 11.3 Å². The fourth-order valence-electron chi connectivity index (χ4n) is 3.52. The summed E-state index contributed by atoms with van der Waals surface area (Å²) in [5.74, 6) is -0.506. The number of hydrogen-bond acceptors (Lipinski definition) is 7. The number of amides is 1. The molecule has 36 heavy (non-hydrogen) atoms. The molecule has 9 heteroatoms. The van der Waals surface area contributed by atoms with Crippen molar-refractivity contribution < 1.29 is 19.1 Å². The minimum absolute atomic E-state index is 0.131. The van der Waals surface area contributed by atoms with Crippen LogP contribution < -0.4 is 10.1 Å². The van der Waals surface area contributed by atoms with Crippen LogP contribution in [0.4, 0.5) is 5.00 Å². The molecule has 0 aliphatic heterocycles. The number of ether oxygens (including phenoxy) is 2. The third kappa shape index (κ3) is 5.51. The molecule has 8 nitrogen and oxygen atoms in total. The molecule has 1 N–H and O–H groups in total. The summed E-state index contributed by atoms with van der Waals surface area (Å²) in [6.07, 6.45) is 3.29. The van der Waals surface area contributed by atoms with E-state index < -0.39 is 11.9 Å². The number of anilines is 1. The Morgan fingerprint density at radius 2 is 1.86 bits per heavy atom. The van der Waals surface area contributed by atoms with Crippen molar-refractivity contribution in [2.45, 2.75) is 6.54 Å². The first-order chi connectivity index (χ1) is 17.5. The molecule has 0 bridgehead atoms. The molecule has 2 aromatic carbocycles. The second-order valence-electron chi connectivity index (χ2n) is 7.62. The first kappa shape index (κ1) is 24.4. The number of nitriles is 1. The monoisotopic (exact) mass is 498 g/mol. The Balaban J connectivity index is 1.69. The summed E-state index contributed by atoms with van der Waals surface area (Å²) in [7, 11) is 2.86. The zero-order valence-electron chi connectivity index (χ0n) is 19.6. The highest BCUT2D eigenvalue weighted by Crippen LogP contribution is 2.28. The molecule has 2 aromatic heterocycles.